The zero-order valence-electron chi connectivity index (χ0n) is 16.0. The minimum absolute atomic E-state index is 0.132. The fourth-order valence-corrected chi connectivity index (χ4v) is 2.60. The lowest BCUT2D eigenvalue weighted by Crippen LogP contribution is -2.20. The predicted octanol–water partition coefficient (Wildman–Crippen LogP) is 3.16. The number of carbonyl (C=O) groups is 1. The summed E-state index contributed by atoms with van der Waals surface area (Å²) in [5.41, 5.74) is 3.56. The van der Waals surface area contributed by atoms with Crippen LogP contribution in [0, 0.1) is 10.1 Å². The van der Waals surface area contributed by atoms with Gasteiger partial charge in [0, 0.05) is 23.3 Å². The number of ether oxygens (including phenoxy) is 3. The maximum atomic E-state index is 12.3. The highest BCUT2D eigenvalue weighted by molar-refractivity contribution is 6.05. The molecule has 0 aliphatic heterocycles. The van der Waals surface area contributed by atoms with Gasteiger partial charge in [-0.1, -0.05) is 13.0 Å². The van der Waals surface area contributed by atoms with Crippen LogP contribution in [-0.4, -0.2) is 37.9 Å². The molecule has 2 aromatic rings. The van der Waals surface area contributed by atoms with Crippen molar-refractivity contribution in [3.63, 3.8) is 0 Å². The second-order valence-electron chi connectivity index (χ2n) is 5.54. The number of non-ortho nitro benzene ring substituents is 1. The molecule has 0 fully saturated rings. The van der Waals surface area contributed by atoms with Gasteiger partial charge >= 0.3 is 0 Å². The van der Waals surface area contributed by atoms with Gasteiger partial charge in [-0.05, 0) is 24.6 Å². The molecule has 148 valence electrons. The summed E-state index contributed by atoms with van der Waals surface area (Å²) in [5, 5.41) is 15.0. The van der Waals surface area contributed by atoms with Crippen LogP contribution in [0.3, 0.4) is 0 Å². The third-order valence-electron chi connectivity index (χ3n) is 3.96. The number of hydrogen-bond acceptors (Lipinski definition) is 7. The zero-order chi connectivity index (χ0) is 20.7. The van der Waals surface area contributed by atoms with Crippen molar-refractivity contribution >= 4 is 17.3 Å². The lowest BCUT2D eigenvalue weighted by atomic mass is 10.1. The number of rotatable bonds is 8. The number of amides is 1. The largest absolute Gasteiger partial charge is 0.493 e. The van der Waals surface area contributed by atoms with E-state index in [1.807, 2.05) is 6.92 Å². The first kappa shape index (κ1) is 20.7. The number of carbonyl (C=O) groups excluding carboxylic acids is 1. The van der Waals surface area contributed by atoms with Gasteiger partial charge in [0.1, 0.15) is 0 Å². The summed E-state index contributed by atoms with van der Waals surface area (Å²) < 4.78 is 16.1. The molecule has 0 radical (unpaired) electrons. The number of nitro groups is 1. The molecule has 0 aliphatic carbocycles. The molecule has 0 heterocycles. The van der Waals surface area contributed by atoms with E-state index in [-0.39, 0.29) is 11.3 Å². The van der Waals surface area contributed by atoms with Gasteiger partial charge in [-0.15, -0.1) is 0 Å². The Morgan fingerprint density at radius 2 is 1.82 bits per heavy atom. The third-order valence-corrected chi connectivity index (χ3v) is 3.96. The van der Waals surface area contributed by atoms with E-state index in [9.17, 15) is 14.9 Å². The summed E-state index contributed by atoms with van der Waals surface area (Å²) in [6, 6.07) is 8.88. The van der Waals surface area contributed by atoms with Crippen LogP contribution in [-0.2, 0) is 0 Å². The van der Waals surface area contributed by atoms with Crippen LogP contribution in [0.2, 0.25) is 0 Å². The topological polar surface area (TPSA) is 112 Å². The number of nitrogens with zero attached hydrogens (tertiary/aromatic N) is 2. The Bertz CT molecular complexity index is 911. The summed E-state index contributed by atoms with van der Waals surface area (Å²) in [7, 11) is 4.51. The summed E-state index contributed by atoms with van der Waals surface area (Å²) in [4.78, 5) is 22.6. The van der Waals surface area contributed by atoms with Crippen LogP contribution in [0.15, 0.2) is 41.5 Å². The molecule has 0 aromatic heterocycles. The Morgan fingerprint density at radius 3 is 2.39 bits per heavy atom. The van der Waals surface area contributed by atoms with Crippen molar-refractivity contribution in [1.82, 2.24) is 5.43 Å². The van der Waals surface area contributed by atoms with Crippen molar-refractivity contribution in [2.75, 3.05) is 21.3 Å². The van der Waals surface area contributed by atoms with Crippen LogP contribution in [0.4, 0.5) is 5.69 Å². The van der Waals surface area contributed by atoms with Crippen molar-refractivity contribution in [2.24, 2.45) is 5.10 Å². The normalized spacial score (nSPS) is 10.9. The van der Waals surface area contributed by atoms with E-state index in [0.717, 1.165) is 0 Å². The molecule has 0 saturated heterocycles. The third kappa shape index (κ3) is 4.37. The Morgan fingerprint density at radius 1 is 1.11 bits per heavy atom. The molecule has 0 saturated carbocycles. The van der Waals surface area contributed by atoms with Gasteiger partial charge in [0.15, 0.2) is 11.5 Å². The quantitative estimate of drug-likeness (QED) is 0.423. The molecule has 9 nitrogen and oxygen atoms in total. The average molecular weight is 387 g/mol. The highest BCUT2D eigenvalue weighted by Gasteiger charge is 2.19. The van der Waals surface area contributed by atoms with Crippen LogP contribution in [0.25, 0.3) is 0 Å². The lowest BCUT2D eigenvalue weighted by molar-refractivity contribution is -0.384. The van der Waals surface area contributed by atoms with Crippen molar-refractivity contribution in [3.8, 4) is 17.2 Å². The van der Waals surface area contributed by atoms with Crippen LogP contribution in [0.5, 0.6) is 17.2 Å². The summed E-state index contributed by atoms with van der Waals surface area (Å²) in [5.74, 6) is 0.772. The number of nitro benzene ring substituents is 1. The minimum Gasteiger partial charge on any atom is -0.493 e. The van der Waals surface area contributed by atoms with E-state index in [1.165, 1.54) is 45.6 Å². The molecule has 2 aromatic carbocycles. The second-order valence-corrected chi connectivity index (χ2v) is 5.54. The minimum atomic E-state index is -0.563. The summed E-state index contributed by atoms with van der Waals surface area (Å²) >= 11 is 0. The van der Waals surface area contributed by atoms with Gasteiger partial charge < -0.3 is 14.2 Å². The fraction of sp³-hybridized carbons (Fsp3) is 0.263. The van der Waals surface area contributed by atoms with E-state index < -0.39 is 10.8 Å². The van der Waals surface area contributed by atoms with Crippen molar-refractivity contribution in [1.29, 1.82) is 0 Å². The van der Waals surface area contributed by atoms with Gasteiger partial charge in [0.25, 0.3) is 11.6 Å². The lowest BCUT2D eigenvalue weighted by Gasteiger charge is -2.16. The highest BCUT2D eigenvalue weighted by Crippen LogP contribution is 2.40. The molecule has 0 bridgehead atoms. The maximum Gasteiger partial charge on any atom is 0.271 e. The molecule has 2 rings (SSSR count). The van der Waals surface area contributed by atoms with E-state index in [0.29, 0.717) is 34.9 Å². The average Bonchev–Trinajstić information content (AvgIpc) is 2.73. The maximum absolute atomic E-state index is 12.3. The Kier molecular flexibility index (Phi) is 6.91. The van der Waals surface area contributed by atoms with Crippen molar-refractivity contribution < 1.29 is 23.9 Å². The van der Waals surface area contributed by atoms with E-state index in [1.54, 1.807) is 12.1 Å². The fourth-order valence-electron chi connectivity index (χ4n) is 2.60. The standard InChI is InChI=1S/C19H21N3O6/c1-5-15(14-9-10-16(26-2)18(28-4)17(14)27-3)20-21-19(23)12-7-6-8-13(11-12)22(24)25/h6-11H,5H2,1-4H3,(H,21,23)/b20-15+. The van der Waals surface area contributed by atoms with E-state index in [2.05, 4.69) is 10.5 Å². The molecule has 1 N–H and O–H groups in total. The molecule has 9 heteroatoms. The Hall–Kier alpha value is -3.62. The molecule has 0 spiro atoms. The van der Waals surface area contributed by atoms with Crippen LogP contribution >= 0.6 is 0 Å². The summed E-state index contributed by atoms with van der Waals surface area (Å²) in [6.45, 7) is 1.87. The smallest absolute Gasteiger partial charge is 0.271 e. The number of methoxy groups -OCH3 is 3. The first-order valence-electron chi connectivity index (χ1n) is 8.37. The SMILES string of the molecule is CC/C(=N\NC(=O)c1cccc([N+](=O)[O-])c1)c1ccc(OC)c(OC)c1OC. The Labute approximate surface area is 162 Å². The van der Waals surface area contributed by atoms with Gasteiger partial charge in [0.05, 0.1) is 32.0 Å². The van der Waals surface area contributed by atoms with Gasteiger partial charge in [-0.3, -0.25) is 14.9 Å². The van der Waals surface area contributed by atoms with Crippen LogP contribution < -0.4 is 19.6 Å². The first-order chi connectivity index (χ1) is 13.5. The monoisotopic (exact) mass is 387 g/mol. The molecular weight excluding hydrogens is 366 g/mol. The van der Waals surface area contributed by atoms with Crippen molar-refractivity contribution in [2.45, 2.75) is 13.3 Å². The summed E-state index contributed by atoms with van der Waals surface area (Å²) in [6.07, 6.45) is 0.487. The molecular formula is C19H21N3O6. The van der Waals surface area contributed by atoms with E-state index in [4.69, 9.17) is 14.2 Å². The number of benzene rings is 2. The highest BCUT2D eigenvalue weighted by atomic mass is 16.6. The Balaban J connectivity index is 2.35. The van der Waals surface area contributed by atoms with Gasteiger partial charge in [-0.2, -0.15) is 5.10 Å². The predicted molar refractivity (Wildman–Crippen MR) is 103 cm³/mol. The van der Waals surface area contributed by atoms with Gasteiger partial charge in [0.2, 0.25) is 5.75 Å². The molecule has 0 aliphatic rings. The molecule has 28 heavy (non-hydrogen) atoms. The number of hydrogen-bond donors (Lipinski definition) is 1. The molecule has 0 unspecified atom stereocenters. The molecule has 0 atom stereocenters. The van der Waals surface area contributed by atoms with E-state index >= 15 is 0 Å². The first-order valence-corrected chi connectivity index (χ1v) is 8.37. The number of nitrogens with one attached hydrogen (secondary N) is 1. The van der Waals surface area contributed by atoms with Gasteiger partial charge in [-0.25, -0.2) is 5.43 Å². The zero-order valence-corrected chi connectivity index (χ0v) is 16.0. The number of hydrazone groups is 1. The molecule has 1 amide bonds. The van der Waals surface area contributed by atoms with Crippen molar-refractivity contribution in [3.05, 3.63) is 57.6 Å². The van der Waals surface area contributed by atoms with Crippen LogP contribution in [0.1, 0.15) is 29.3 Å². The second kappa shape index (κ2) is 9.36.